The van der Waals surface area contributed by atoms with Gasteiger partial charge in [0.1, 0.15) is 17.2 Å². The Morgan fingerprint density at radius 1 is 1.03 bits per heavy atom. The van der Waals surface area contributed by atoms with Crippen LogP contribution in [0.25, 0.3) is 17.5 Å². The molecule has 0 bridgehead atoms. The minimum atomic E-state index is -2.94. The number of amidine groups is 1. The van der Waals surface area contributed by atoms with Gasteiger partial charge in [-0.05, 0) is 48.5 Å². The number of hydrogen-bond donors (Lipinski definition) is 0. The summed E-state index contributed by atoms with van der Waals surface area (Å²) < 4.78 is 40.5. The number of aliphatic imine (C=N–C) groups is 1. The summed E-state index contributed by atoms with van der Waals surface area (Å²) in [6.07, 6.45) is 3.02. The van der Waals surface area contributed by atoms with Crippen LogP contribution in [-0.4, -0.2) is 27.9 Å². The molecule has 35 heavy (non-hydrogen) atoms. The molecule has 3 heterocycles. The van der Waals surface area contributed by atoms with Crippen LogP contribution in [0.1, 0.15) is 11.7 Å². The number of hydrogen-bond acceptors (Lipinski definition) is 8. The highest BCUT2D eigenvalue weighted by Gasteiger charge is 2.32. The van der Waals surface area contributed by atoms with E-state index in [0.29, 0.717) is 28.4 Å². The minimum absolute atomic E-state index is 0.0211. The van der Waals surface area contributed by atoms with Gasteiger partial charge in [-0.3, -0.25) is 9.69 Å². The Hall–Kier alpha value is -4.25. The van der Waals surface area contributed by atoms with Crippen LogP contribution in [0.5, 0.6) is 5.75 Å². The monoisotopic (exact) mass is 494 g/mol. The van der Waals surface area contributed by atoms with E-state index in [2.05, 4.69) is 19.9 Å². The summed E-state index contributed by atoms with van der Waals surface area (Å²) >= 11 is 1.22. The summed E-state index contributed by atoms with van der Waals surface area (Å²) in [6.45, 7) is -2.94. The number of aromatic nitrogens is 2. The summed E-state index contributed by atoms with van der Waals surface area (Å²) in [5, 5.41) is 8.51. The van der Waals surface area contributed by atoms with Gasteiger partial charge in [-0.1, -0.05) is 30.0 Å². The van der Waals surface area contributed by atoms with Gasteiger partial charge in [0.05, 0.1) is 17.7 Å². The van der Waals surface area contributed by atoms with Gasteiger partial charge >= 0.3 is 6.61 Å². The molecule has 176 valence electrons. The number of nitrogens with zero attached hydrogens (tertiary/aromatic N) is 4. The van der Waals surface area contributed by atoms with Crippen molar-refractivity contribution >= 4 is 34.6 Å². The molecule has 0 saturated heterocycles. The summed E-state index contributed by atoms with van der Waals surface area (Å²) in [6, 6.07) is 18.5. The molecule has 5 rings (SSSR count). The molecule has 0 atom stereocenters. The van der Waals surface area contributed by atoms with Crippen molar-refractivity contribution in [3.8, 4) is 17.2 Å². The zero-order valence-corrected chi connectivity index (χ0v) is 18.7. The van der Waals surface area contributed by atoms with Gasteiger partial charge in [0, 0.05) is 11.6 Å². The van der Waals surface area contributed by atoms with Crippen LogP contribution < -0.4 is 9.64 Å². The summed E-state index contributed by atoms with van der Waals surface area (Å²) in [7, 11) is 0. The predicted octanol–water partition coefficient (Wildman–Crippen LogP) is 5.61. The van der Waals surface area contributed by atoms with Gasteiger partial charge < -0.3 is 13.6 Å². The first-order chi connectivity index (χ1) is 17.1. The fraction of sp³-hybridized carbons (Fsp3) is 0.0833. The minimum Gasteiger partial charge on any atom is -0.465 e. The van der Waals surface area contributed by atoms with Crippen molar-refractivity contribution in [2.75, 3.05) is 4.90 Å². The van der Waals surface area contributed by atoms with E-state index < -0.39 is 12.5 Å². The van der Waals surface area contributed by atoms with Crippen LogP contribution in [0.4, 0.5) is 14.5 Å². The average molecular weight is 494 g/mol. The highest BCUT2D eigenvalue weighted by molar-refractivity contribution is 8.13. The van der Waals surface area contributed by atoms with Crippen LogP contribution in [0.15, 0.2) is 92.5 Å². The zero-order valence-electron chi connectivity index (χ0n) is 17.9. The van der Waals surface area contributed by atoms with E-state index in [1.54, 1.807) is 12.1 Å². The number of carbonyl (C=O) groups excluding carboxylic acids is 1. The maximum absolute atomic E-state index is 13.2. The molecule has 0 saturated carbocycles. The number of alkyl halides is 2. The zero-order chi connectivity index (χ0) is 24.2. The normalized spacial score (nSPS) is 14.7. The van der Waals surface area contributed by atoms with Crippen molar-refractivity contribution in [3.63, 3.8) is 0 Å². The number of amides is 1. The molecule has 11 heteroatoms. The third-order valence-corrected chi connectivity index (χ3v) is 5.71. The fourth-order valence-corrected chi connectivity index (χ4v) is 4.09. The lowest BCUT2D eigenvalue weighted by molar-refractivity contribution is -0.113. The number of thioether (sulfide) groups is 1. The number of furan rings is 1. The van der Waals surface area contributed by atoms with E-state index in [9.17, 15) is 13.6 Å². The van der Waals surface area contributed by atoms with E-state index >= 15 is 0 Å². The predicted molar refractivity (Wildman–Crippen MR) is 126 cm³/mol. The van der Waals surface area contributed by atoms with E-state index in [0.717, 1.165) is 5.56 Å². The second kappa shape index (κ2) is 9.94. The second-order valence-corrected chi connectivity index (χ2v) is 8.05. The van der Waals surface area contributed by atoms with Crippen LogP contribution in [0.2, 0.25) is 0 Å². The van der Waals surface area contributed by atoms with E-state index in [1.165, 1.54) is 53.3 Å². The number of benzene rings is 2. The van der Waals surface area contributed by atoms with Crippen LogP contribution in [0.3, 0.4) is 0 Å². The average Bonchev–Trinajstić information content (AvgIpc) is 3.61. The third kappa shape index (κ3) is 5.14. The Morgan fingerprint density at radius 3 is 2.54 bits per heavy atom. The highest BCUT2D eigenvalue weighted by atomic mass is 32.2. The van der Waals surface area contributed by atoms with Gasteiger partial charge in [-0.2, -0.15) is 8.78 Å². The number of carbonyl (C=O) groups is 1. The third-order valence-electron chi connectivity index (χ3n) is 4.78. The molecule has 0 fully saturated rings. The topological polar surface area (TPSA) is 94.0 Å². The van der Waals surface area contributed by atoms with Crippen LogP contribution >= 0.6 is 11.8 Å². The molecule has 1 aliphatic heterocycles. The van der Waals surface area contributed by atoms with E-state index in [-0.39, 0.29) is 17.2 Å². The molecule has 0 aliphatic carbocycles. The first-order valence-electron chi connectivity index (χ1n) is 10.3. The first kappa shape index (κ1) is 22.5. The van der Waals surface area contributed by atoms with Crippen LogP contribution in [0, 0.1) is 0 Å². The standard InChI is InChI=1S/C24H16F2N4O4S/c25-23(26)33-17-10-8-16(9-11-17)30-22(31)19(13-18-7-4-12-32-18)27-24(30)35-14-20-28-29-21(34-20)15-5-2-1-3-6-15/h1-13,23H,14H2. The lowest BCUT2D eigenvalue weighted by Gasteiger charge is -2.17. The Labute approximate surface area is 201 Å². The van der Waals surface area contributed by atoms with Crippen molar-refractivity contribution in [3.05, 3.63) is 90.3 Å². The SMILES string of the molecule is O=C1C(=Cc2ccco2)N=C(SCc2nnc(-c3ccccc3)o2)N1c1ccc(OC(F)F)cc1. The molecule has 0 N–H and O–H groups in total. The van der Waals surface area contributed by atoms with Gasteiger partial charge in [-0.25, -0.2) is 4.99 Å². The molecular weight excluding hydrogens is 478 g/mol. The molecular formula is C24H16F2N4O4S. The molecule has 0 spiro atoms. The molecule has 2 aromatic carbocycles. The maximum Gasteiger partial charge on any atom is 0.387 e. The Bertz CT molecular complexity index is 1370. The van der Waals surface area contributed by atoms with Gasteiger partial charge in [-0.15, -0.1) is 10.2 Å². The second-order valence-electron chi connectivity index (χ2n) is 7.11. The van der Waals surface area contributed by atoms with Gasteiger partial charge in [0.15, 0.2) is 5.17 Å². The van der Waals surface area contributed by atoms with Crippen molar-refractivity contribution in [1.29, 1.82) is 0 Å². The maximum atomic E-state index is 13.2. The van der Waals surface area contributed by atoms with E-state index in [1.807, 2.05) is 30.3 Å². The molecule has 4 aromatic rings. The lowest BCUT2D eigenvalue weighted by Crippen LogP contribution is -2.30. The summed E-state index contributed by atoms with van der Waals surface area (Å²) in [5.41, 5.74) is 1.38. The van der Waals surface area contributed by atoms with E-state index in [4.69, 9.17) is 8.83 Å². The van der Waals surface area contributed by atoms with Crippen molar-refractivity contribution in [2.45, 2.75) is 12.4 Å². The Morgan fingerprint density at radius 2 is 1.83 bits per heavy atom. The lowest BCUT2D eigenvalue weighted by atomic mass is 10.2. The number of anilines is 1. The summed E-state index contributed by atoms with van der Waals surface area (Å²) in [5.74, 6) is 1.04. The Balaban J connectivity index is 1.39. The van der Waals surface area contributed by atoms with Crippen molar-refractivity contribution < 1.29 is 27.1 Å². The highest BCUT2D eigenvalue weighted by Crippen LogP contribution is 2.32. The smallest absolute Gasteiger partial charge is 0.387 e. The fourth-order valence-electron chi connectivity index (χ4n) is 3.24. The number of halogens is 2. The number of rotatable bonds is 7. The van der Waals surface area contributed by atoms with Crippen LogP contribution in [-0.2, 0) is 10.5 Å². The van der Waals surface area contributed by atoms with Crippen molar-refractivity contribution in [2.24, 2.45) is 4.99 Å². The first-order valence-corrected chi connectivity index (χ1v) is 11.3. The quantitative estimate of drug-likeness (QED) is 0.308. The van der Waals surface area contributed by atoms with Gasteiger partial charge in [0.2, 0.25) is 11.8 Å². The molecule has 1 aliphatic rings. The molecule has 0 radical (unpaired) electrons. The van der Waals surface area contributed by atoms with Crippen molar-refractivity contribution in [1.82, 2.24) is 10.2 Å². The summed E-state index contributed by atoms with van der Waals surface area (Å²) in [4.78, 5) is 19.0. The Kier molecular flexibility index (Phi) is 6.40. The van der Waals surface area contributed by atoms with Gasteiger partial charge in [0.25, 0.3) is 5.91 Å². The number of ether oxygens (including phenoxy) is 1. The molecule has 0 unspecified atom stereocenters. The largest absolute Gasteiger partial charge is 0.465 e. The molecule has 8 nitrogen and oxygen atoms in total. The molecule has 1 amide bonds. The molecule has 2 aromatic heterocycles.